The SMILES string of the molecule is NC(=O)c1ccc(NC(=O)c2cc(Br)cnc2Cl)cc1. The molecule has 0 fully saturated rings. The molecule has 2 amide bonds. The number of pyridine rings is 1. The van der Waals surface area contributed by atoms with E-state index < -0.39 is 11.8 Å². The van der Waals surface area contributed by atoms with Crippen molar-refractivity contribution < 1.29 is 9.59 Å². The number of amides is 2. The first-order chi connectivity index (χ1) is 9.47. The van der Waals surface area contributed by atoms with Crippen molar-refractivity contribution in [2.45, 2.75) is 0 Å². The van der Waals surface area contributed by atoms with Crippen LogP contribution in [-0.2, 0) is 0 Å². The van der Waals surface area contributed by atoms with E-state index in [1.54, 1.807) is 18.2 Å². The lowest BCUT2D eigenvalue weighted by molar-refractivity contribution is 0.0998. The highest BCUT2D eigenvalue weighted by Crippen LogP contribution is 2.19. The number of primary amides is 1. The molecule has 0 radical (unpaired) electrons. The second kappa shape index (κ2) is 6.02. The first-order valence-electron chi connectivity index (χ1n) is 5.49. The maximum Gasteiger partial charge on any atom is 0.258 e. The third-order valence-corrected chi connectivity index (χ3v) is 3.21. The van der Waals surface area contributed by atoms with Crippen LogP contribution < -0.4 is 11.1 Å². The lowest BCUT2D eigenvalue weighted by atomic mass is 10.2. The molecule has 0 atom stereocenters. The Hall–Kier alpha value is -1.92. The molecule has 5 nitrogen and oxygen atoms in total. The predicted octanol–water partition coefficient (Wildman–Crippen LogP) is 2.85. The van der Waals surface area contributed by atoms with Gasteiger partial charge in [-0.2, -0.15) is 0 Å². The van der Waals surface area contributed by atoms with Gasteiger partial charge in [0.1, 0.15) is 5.15 Å². The molecule has 3 N–H and O–H groups in total. The van der Waals surface area contributed by atoms with E-state index >= 15 is 0 Å². The number of anilines is 1. The topological polar surface area (TPSA) is 85.1 Å². The highest BCUT2D eigenvalue weighted by Gasteiger charge is 2.12. The van der Waals surface area contributed by atoms with Crippen molar-refractivity contribution in [2.75, 3.05) is 5.32 Å². The second-order valence-corrected chi connectivity index (χ2v) is 5.16. The number of carbonyl (C=O) groups is 2. The zero-order valence-electron chi connectivity index (χ0n) is 10.1. The maximum absolute atomic E-state index is 12.1. The number of hydrogen-bond donors (Lipinski definition) is 2. The molecule has 2 rings (SSSR count). The van der Waals surface area contributed by atoms with Gasteiger partial charge in [0.15, 0.2) is 0 Å². The number of nitrogens with two attached hydrogens (primary N) is 1. The molecular weight excluding hydrogens is 346 g/mol. The molecule has 0 aliphatic heterocycles. The van der Waals surface area contributed by atoms with Crippen molar-refractivity contribution >= 4 is 45.0 Å². The van der Waals surface area contributed by atoms with Gasteiger partial charge in [-0.15, -0.1) is 0 Å². The monoisotopic (exact) mass is 353 g/mol. The molecule has 1 heterocycles. The van der Waals surface area contributed by atoms with Crippen molar-refractivity contribution in [3.05, 3.63) is 57.3 Å². The van der Waals surface area contributed by atoms with Crippen molar-refractivity contribution in [1.29, 1.82) is 0 Å². The van der Waals surface area contributed by atoms with Crippen LogP contribution in [0.3, 0.4) is 0 Å². The van der Waals surface area contributed by atoms with Gasteiger partial charge in [0.25, 0.3) is 5.91 Å². The highest BCUT2D eigenvalue weighted by atomic mass is 79.9. The van der Waals surface area contributed by atoms with E-state index in [0.717, 1.165) is 0 Å². The lowest BCUT2D eigenvalue weighted by Gasteiger charge is -2.07. The van der Waals surface area contributed by atoms with E-state index in [1.165, 1.54) is 18.3 Å². The lowest BCUT2D eigenvalue weighted by Crippen LogP contribution is -2.14. The smallest absolute Gasteiger partial charge is 0.258 e. The Labute approximate surface area is 128 Å². The van der Waals surface area contributed by atoms with Gasteiger partial charge in [-0.1, -0.05) is 11.6 Å². The number of aromatic nitrogens is 1. The number of halogens is 2. The minimum Gasteiger partial charge on any atom is -0.366 e. The first kappa shape index (κ1) is 14.5. The van der Waals surface area contributed by atoms with Crippen LogP contribution in [-0.4, -0.2) is 16.8 Å². The fourth-order valence-corrected chi connectivity index (χ4v) is 2.02. The van der Waals surface area contributed by atoms with Gasteiger partial charge in [0.05, 0.1) is 5.56 Å². The molecule has 0 saturated heterocycles. The number of hydrogen-bond acceptors (Lipinski definition) is 3. The number of rotatable bonds is 3. The molecule has 0 aliphatic rings. The van der Waals surface area contributed by atoms with E-state index in [0.29, 0.717) is 15.7 Å². The number of nitrogens with zero attached hydrogens (tertiary/aromatic N) is 1. The van der Waals surface area contributed by atoms with Gasteiger partial charge < -0.3 is 11.1 Å². The Kier molecular flexibility index (Phi) is 4.36. The third-order valence-electron chi connectivity index (χ3n) is 2.48. The molecule has 7 heteroatoms. The first-order valence-corrected chi connectivity index (χ1v) is 6.67. The van der Waals surface area contributed by atoms with Gasteiger partial charge in [-0.3, -0.25) is 9.59 Å². The van der Waals surface area contributed by atoms with Crippen molar-refractivity contribution in [2.24, 2.45) is 5.73 Å². The quantitative estimate of drug-likeness (QED) is 0.831. The molecule has 0 saturated carbocycles. The molecule has 20 heavy (non-hydrogen) atoms. The van der Waals surface area contributed by atoms with Crippen LogP contribution in [0, 0.1) is 0 Å². The average Bonchev–Trinajstić information content (AvgIpc) is 2.42. The summed E-state index contributed by atoms with van der Waals surface area (Å²) >= 11 is 9.09. The van der Waals surface area contributed by atoms with E-state index in [2.05, 4.69) is 26.2 Å². The average molecular weight is 355 g/mol. The Morgan fingerprint density at radius 3 is 2.50 bits per heavy atom. The van der Waals surface area contributed by atoms with E-state index in [9.17, 15) is 9.59 Å². The van der Waals surface area contributed by atoms with Gasteiger partial charge in [-0.25, -0.2) is 4.98 Å². The summed E-state index contributed by atoms with van der Waals surface area (Å²) < 4.78 is 0.649. The van der Waals surface area contributed by atoms with Crippen LogP contribution >= 0.6 is 27.5 Å². The summed E-state index contributed by atoms with van der Waals surface area (Å²) in [4.78, 5) is 26.9. The van der Waals surface area contributed by atoms with E-state index in [4.69, 9.17) is 17.3 Å². The van der Waals surface area contributed by atoms with Crippen LogP contribution in [0.1, 0.15) is 20.7 Å². The Morgan fingerprint density at radius 1 is 1.25 bits per heavy atom. The minimum atomic E-state index is -0.526. The summed E-state index contributed by atoms with van der Waals surface area (Å²) in [5.41, 5.74) is 6.28. The van der Waals surface area contributed by atoms with E-state index in [1.807, 2.05) is 0 Å². The van der Waals surface area contributed by atoms with Crippen LogP contribution in [0.4, 0.5) is 5.69 Å². The molecule has 0 spiro atoms. The Balaban J connectivity index is 2.19. The summed E-state index contributed by atoms with van der Waals surface area (Å²) in [5, 5.41) is 2.77. The van der Waals surface area contributed by atoms with Gasteiger partial charge in [-0.05, 0) is 46.3 Å². The van der Waals surface area contributed by atoms with Crippen LogP contribution in [0.5, 0.6) is 0 Å². The summed E-state index contributed by atoms with van der Waals surface area (Å²) in [7, 11) is 0. The third kappa shape index (κ3) is 3.34. The van der Waals surface area contributed by atoms with Crippen LogP contribution in [0.25, 0.3) is 0 Å². The van der Waals surface area contributed by atoms with Gasteiger partial charge in [0, 0.05) is 21.9 Å². The van der Waals surface area contributed by atoms with Crippen molar-refractivity contribution in [1.82, 2.24) is 4.98 Å². The van der Waals surface area contributed by atoms with Gasteiger partial charge in [0.2, 0.25) is 5.91 Å². The number of nitrogens with one attached hydrogen (secondary N) is 1. The fraction of sp³-hybridized carbons (Fsp3) is 0. The van der Waals surface area contributed by atoms with E-state index in [-0.39, 0.29) is 10.7 Å². The summed E-state index contributed by atoms with van der Waals surface area (Å²) in [6.45, 7) is 0. The highest BCUT2D eigenvalue weighted by molar-refractivity contribution is 9.10. The summed E-state index contributed by atoms with van der Waals surface area (Å²) in [6.07, 6.45) is 1.50. The summed E-state index contributed by atoms with van der Waals surface area (Å²) in [5.74, 6) is -0.919. The molecule has 0 bridgehead atoms. The fourth-order valence-electron chi connectivity index (χ4n) is 1.50. The van der Waals surface area contributed by atoms with Gasteiger partial charge >= 0.3 is 0 Å². The molecule has 0 aliphatic carbocycles. The normalized spacial score (nSPS) is 10.1. The molecular formula is C13H9BrClN3O2. The molecule has 102 valence electrons. The zero-order valence-corrected chi connectivity index (χ0v) is 12.4. The van der Waals surface area contributed by atoms with Crippen LogP contribution in [0.15, 0.2) is 41.0 Å². The summed E-state index contributed by atoms with van der Waals surface area (Å²) in [6, 6.07) is 7.79. The van der Waals surface area contributed by atoms with Crippen molar-refractivity contribution in [3.8, 4) is 0 Å². The second-order valence-electron chi connectivity index (χ2n) is 3.89. The molecule has 0 unspecified atom stereocenters. The van der Waals surface area contributed by atoms with Crippen LogP contribution in [0.2, 0.25) is 5.15 Å². The largest absolute Gasteiger partial charge is 0.366 e. The molecule has 2 aromatic rings. The Morgan fingerprint density at radius 2 is 1.90 bits per heavy atom. The zero-order chi connectivity index (χ0) is 14.7. The molecule has 1 aromatic heterocycles. The number of benzene rings is 1. The maximum atomic E-state index is 12.1. The van der Waals surface area contributed by atoms with Crippen molar-refractivity contribution in [3.63, 3.8) is 0 Å². The molecule has 1 aromatic carbocycles. The predicted molar refractivity (Wildman–Crippen MR) is 79.9 cm³/mol. The minimum absolute atomic E-state index is 0.111. The Bertz CT molecular complexity index is 674. The standard InChI is InChI=1S/C13H9BrClN3O2/c14-8-5-10(11(15)17-6-8)13(20)18-9-3-1-7(2-4-9)12(16)19/h1-6H,(H2,16,19)(H,18,20). The number of carbonyl (C=O) groups excluding carboxylic acids is 2.